The van der Waals surface area contributed by atoms with Gasteiger partial charge < -0.3 is 15.4 Å². The Morgan fingerprint density at radius 1 is 1.00 bits per heavy atom. The van der Waals surface area contributed by atoms with Crippen molar-refractivity contribution in [2.45, 2.75) is 17.1 Å². The van der Waals surface area contributed by atoms with Gasteiger partial charge in [0, 0.05) is 30.0 Å². The zero-order valence-corrected chi connectivity index (χ0v) is 20.2. The first kappa shape index (κ1) is 23.9. The minimum Gasteiger partial charge on any atom is -0.497 e. The quantitative estimate of drug-likeness (QED) is 0.510. The van der Waals surface area contributed by atoms with Crippen molar-refractivity contribution in [1.82, 2.24) is 4.31 Å². The van der Waals surface area contributed by atoms with Gasteiger partial charge in [0.2, 0.25) is 5.91 Å². The second-order valence-electron chi connectivity index (χ2n) is 7.88. The molecule has 2 aromatic carbocycles. The number of nitrogens with one attached hydrogen (secondary N) is 2. The molecule has 1 fully saturated rings. The molecule has 1 aromatic heterocycles. The van der Waals surface area contributed by atoms with Crippen LogP contribution in [0.2, 0.25) is 0 Å². The second-order valence-corrected chi connectivity index (χ2v) is 11.0. The molecule has 2 amide bonds. The molecule has 1 unspecified atom stereocenters. The van der Waals surface area contributed by atoms with Gasteiger partial charge >= 0.3 is 0 Å². The van der Waals surface area contributed by atoms with Gasteiger partial charge in [0.25, 0.3) is 15.9 Å². The molecule has 178 valence electrons. The third-order valence-electron chi connectivity index (χ3n) is 5.61. The van der Waals surface area contributed by atoms with Crippen molar-refractivity contribution in [2.24, 2.45) is 5.92 Å². The van der Waals surface area contributed by atoms with Gasteiger partial charge in [0.15, 0.2) is 0 Å². The third-order valence-corrected chi connectivity index (χ3v) is 8.84. The Hall–Kier alpha value is -3.21. The summed E-state index contributed by atoms with van der Waals surface area (Å²) in [7, 11) is -2.01. The molecular weight excluding hydrogens is 474 g/mol. The van der Waals surface area contributed by atoms with E-state index in [0.29, 0.717) is 42.1 Å². The van der Waals surface area contributed by atoms with E-state index < -0.39 is 15.9 Å². The lowest BCUT2D eigenvalue weighted by Crippen LogP contribution is -2.43. The molecule has 10 heteroatoms. The van der Waals surface area contributed by atoms with Gasteiger partial charge in [-0.25, -0.2) is 8.42 Å². The molecule has 1 saturated heterocycles. The van der Waals surface area contributed by atoms with E-state index in [-0.39, 0.29) is 22.6 Å². The van der Waals surface area contributed by atoms with E-state index >= 15 is 0 Å². The summed E-state index contributed by atoms with van der Waals surface area (Å²) in [5, 5.41) is 7.38. The van der Waals surface area contributed by atoms with E-state index in [2.05, 4.69) is 10.6 Å². The fraction of sp³-hybridized carbons (Fsp3) is 0.250. The number of amides is 2. The van der Waals surface area contributed by atoms with E-state index in [0.717, 1.165) is 0 Å². The summed E-state index contributed by atoms with van der Waals surface area (Å²) in [6, 6.07) is 16.9. The molecule has 0 radical (unpaired) electrons. The maximum absolute atomic E-state index is 12.8. The van der Waals surface area contributed by atoms with E-state index in [1.165, 1.54) is 15.6 Å². The van der Waals surface area contributed by atoms with E-state index in [1.807, 2.05) is 0 Å². The Labute approximate surface area is 202 Å². The summed E-state index contributed by atoms with van der Waals surface area (Å²) in [5.74, 6) is -0.254. The summed E-state index contributed by atoms with van der Waals surface area (Å²) in [6.45, 7) is 0.552. The van der Waals surface area contributed by atoms with Gasteiger partial charge in [0.05, 0.1) is 13.0 Å². The average Bonchev–Trinajstić information content (AvgIpc) is 3.41. The molecule has 1 atom stereocenters. The molecule has 0 spiro atoms. The Bertz CT molecular complexity index is 1240. The van der Waals surface area contributed by atoms with Gasteiger partial charge in [-0.1, -0.05) is 6.07 Å². The first-order valence-corrected chi connectivity index (χ1v) is 13.1. The Balaban J connectivity index is 1.35. The zero-order chi connectivity index (χ0) is 24.1. The number of piperidine rings is 1. The summed E-state index contributed by atoms with van der Waals surface area (Å²) >= 11 is 1.17. The smallest absolute Gasteiger partial charge is 0.255 e. The fourth-order valence-corrected chi connectivity index (χ4v) is 6.41. The molecule has 1 aliphatic rings. The molecule has 0 aliphatic carbocycles. The molecule has 4 rings (SSSR count). The van der Waals surface area contributed by atoms with Crippen LogP contribution in [0.15, 0.2) is 70.3 Å². The van der Waals surface area contributed by atoms with Crippen LogP contribution in [-0.2, 0) is 14.8 Å². The predicted octanol–water partition coefficient (Wildman–Crippen LogP) is 4.05. The van der Waals surface area contributed by atoms with Crippen LogP contribution >= 0.6 is 11.3 Å². The number of ether oxygens (including phenoxy) is 1. The fourth-order valence-electron chi connectivity index (χ4n) is 3.74. The molecule has 0 bridgehead atoms. The van der Waals surface area contributed by atoms with E-state index in [4.69, 9.17) is 4.74 Å². The summed E-state index contributed by atoms with van der Waals surface area (Å²) in [5.41, 5.74) is 1.63. The molecule has 2 heterocycles. The lowest BCUT2D eigenvalue weighted by Gasteiger charge is -2.30. The third kappa shape index (κ3) is 5.46. The van der Waals surface area contributed by atoms with Crippen LogP contribution in [0, 0.1) is 5.92 Å². The highest BCUT2D eigenvalue weighted by Gasteiger charge is 2.33. The number of anilines is 2. The van der Waals surface area contributed by atoms with Crippen LogP contribution in [0.4, 0.5) is 11.4 Å². The minimum absolute atomic E-state index is 0.147. The van der Waals surface area contributed by atoms with Gasteiger partial charge in [-0.2, -0.15) is 4.31 Å². The highest BCUT2D eigenvalue weighted by molar-refractivity contribution is 7.91. The van der Waals surface area contributed by atoms with Crippen LogP contribution in [0.25, 0.3) is 0 Å². The van der Waals surface area contributed by atoms with Gasteiger partial charge in [-0.3, -0.25) is 9.59 Å². The summed E-state index contributed by atoms with van der Waals surface area (Å²) in [4.78, 5) is 25.3. The summed E-state index contributed by atoms with van der Waals surface area (Å²) < 4.78 is 32.4. The largest absolute Gasteiger partial charge is 0.497 e. The lowest BCUT2D eigenvalue weighted by atomic mass is 9.98. The van der Waals surface area contributed by atoms with Crippen LogP contribution in [-0.4, -0.2) is 44.7 Å². The standard InChI is InChI=1S/C24H25N3O5S2/c1-32-21-12-10-20(11-13-21)25-23(28)17-6-8-19(9-7-17)26-24(29)18-4-2-14-27(16-18)34(30,31)22-5-3-15-33-22/h3,5-13,15,18H,2,4,14,16H2,1H3,(H,25,28)(H,26,29). The SMILES string of the molecule is COc1ccc(NC(=O)c2ccc(NC(=O)C3CCCN(S(=O)(=O)c4cccs4)C3)cc2)cc1. The topological polar surface area (TPSA) is 105 Å². The molecule has 8 nitrogen and oxygen atoms in total. The zero-order valence-electron chi connectivity index (χ0n) is 18.6. The van der Waals surface area contributed by atoms with Crippen molar-refractivity contribution < 1.29 is 22.7 Å². The van der Waals surface area contributed by atoms with Crippen molar-refractivity contribution in [3.63, 3.8) is 0 Å². The number of benzene rings is 2. The van der Waals surface area contributed by atoms with Crippen molar-refractivity contribution in [3.8, 4) is 5.75 Å². The number of thiophene rings is 1. The minimum atomic E-state index is -3.58. The van der Waals surface area contributed by atoms with Gasteiger partial charge in [-0.15, -0.1) is 11.3 Å². The van der Waals surface area contributed by atoms with Crippen molar-refractivity contribution in [1.29, 1.82) is 0 Å². The number of hydrogen-bond acceptors (Lipinski definition) is 6. The molecule has 0 saturated carbocycles. The number of methoxy groups -OCH3 is 1. The van der Waals surface area contributed by atoms with Crippen molar-refractivity contribution in [2.75, 3.05) is 30.8 Å². The molecule has 2 N–H and O–H groups in total. The number of rotatable bonds is 7. The average molecular weight is 500 g/mol. The van der Waals surface area contributed by atoms with Gasteiger partial charge in [0.1, 0.15) is 9.96 Å². The monoisotopic (exact) mass is 499 g/mol. The maximum atomic E-state index is 12.8. The first-order valence-electron chi connectivity index (χ1n) is 10.8. The molecule has 3 aromatic rings. The van der Waals surface area contributed by atoms with Crippen molar-refractivity contribution in [3.05, 3.63) is 71.6 Å². The van der Waals surface area contributed by atoms with Crippen LogP contribution < -0.4 is 15.4 Å². The highest BCUT2D eigenvalue weighted by atomic mass is 32.2. The van der Waals surface area contributed by atoms with Crippen LogP contribution in [0.3, 0.4) is 0 Å². The number of carbonyl (C=O) groups is 2. The Kier molecular flexibility index (Phi) is 7.30. The number of sulfonamides is 1. The Morgan fingerprint density at radius 3 is 2.32 bits per heavy atom. The van der Waals surface area contributed by atoms with Gasteiger partial charge in [-0.05, 0) is 72.8 Å². The van der Waals surface area contributed by atoms with Crippen LogP contribution in [0.5, 0.6) is 5.75 Å². The van der Waals surface area contributed by atoms with E-state index in [1.54, 1.807) is 73.2 Å². The molecular formula is C24H25N3O5S2. The number of carbonyl (C=O) groups excluding carboxylic acids is 2. The molecule has 1 aliphatic heterocycles. The lowest BCUT2D eigenvalue weighted by molar-refractivity contribution is -0.120. The highest BCUT2D eigenvalue weighted by Crippen LogP contribution is 2.27. The number of nitrogens with zero attached hydrogens (tertiary/aromatic N) is 1. The molecule has 34 heavy (non-hydrogen) atoms. The van der Waals surface area contributed by atoms with E-state index in [9.17, 15) is 18.0 Å². The second kappa shape index (κ2) is 10.4. The maximum Gasteiger partial charge on any atom is 0.255 e. The number of hydrogen-bond donors (Lipinski definition) is 2. The normalized spacial score (nSPS) is 16.6. The predicted molar refractivity (Wildman–Crippen MR) is 132 cm³/mol. The van der Waals surface area contributed by atoms with Crippen LogP contribution in [0.1, 0.15) is 23.2 Å². The van der Waals surface area contributed by atoms with Crippen molar-refractivity contribution >= 4 is 44.5 Å². The Morgan fingerprint density at radius 2 is 1.68 bits per heavy atom. The summed E-state index contributed by atoms with van der Waals surface area (Å²) in [6.07, 6.45) is 1.23. The first-order chi connectivity index (χ1) is 16.4.